The van der Waals surface area contributed by atoms with Crippen molar-refractivity contribution in [3.05, 3.63) is 77.0 Å². The number of pyridine rings is 1. The number of piperazine rings is 1. The first-order valence-electron chi connectivity index (χ1n) is 29.0. The van der Waals surface area contributed by atoms with Gasteiger partial charge in [0.15, 0.2) is 5.82 Å². The number of nitrogens with zero attached hydrogens (tertiary/aromatic N) is 7. The smallest absolute Gasteiger partial charge is 0.319 e. The Morgan fingerprint density at radius 3 is 2.19 bits per heavy atom. The number of nitrogens with one attached hydrogen (secondary N) is 1. The number of amides is 2. The van der Waals surface area contributed by atoms with E-state index in [1.54, 1.807) is 13.1 Å². The topological polar surface area (TPSA) is 144 Å². The normalized spacial score (nSPS) is 20.0. The summed E-state index contributed by atoms with van der Waals surface area (Å²) in [4.78, 5) is 55.7. The van der Waals surface area contributed by atoms with Crippen LogP contribution in [0.15, 0.2) is 48.7 Å². The number of fused-ring (bicyclic) bond motifs is 2. The summed E-state index contributed by atoms with van der Waals surface area (Å²) in [6, 6.07) is 13.2. The molecule has 13 nitrogen and oxygen atoms in total. The van der Waals surface area contributed by atoms with Crippen LogP contribution in [0.2, 0.25) is 0 Å². The summed E-state index contributed by atoms with van der Waals surface area (Å²) in [6.07, 6.45) is 17.4. The first-order valence-corrected chi connectivity index (χ1v) is 29.0. The molecule has 3 unspecified atom stereocenters. The molecule has 2 aromatic heterocycles. The minimum atomic E-state index is -0.703. The molecule has 6 heterocycles. The van der Waals surface area contributed by atoms with Crippen LogP contribution in [0.5, 0.6) is 11.8 Å². The van der Waals surface area contributed by atoms with Gasteiger partial charge in [-0.15, -0.1) is 6.42 Å². The molecule has 5 aliphatic rings. The number of halogens is 2. The van der Waals surface area contributed by atoms with Crippen LogP contribution in [0.1, 0.15) is 136 Å². The van der Waals surface area contributed by atoms with Crippen molar-refractivity contribution in [1.82, 2.24) is 30.1 Å². The van der Waals surface area contributed by atoms with Crippen LogP contribution in [0.4, 0.5) is 20.3 Å². The van der Waals surface area contributed by atoms with Crippen LogP contribution >= 0.6 is 0 Å². The third-order valence-corrected chi connectivity index (χ3v) is 17.0. The second-order valence-corrected chi connectivity index (χ2v) is 23.5. The Hall–Kier alpha value is -6.24. The number of phenols is 1. The molecule has 15 heteroatoms. The van der Waals surface area contributed by atoms with Crippen LogP contribution in [-0.4, -0.2) is 119 Å². The molecule has 5 fully saturated rings. The molecule has 79 heavy (non-hydrogen) atoms. The summed E-state index contributed by atoms with van der Waals surface area (Å²) >= 11 is 0. The van der Waals surface area contributed by atoms with E-state index in [0.717, 1.165) is 96.9 Å². The molecule has 3 atom stereocenters. The Morgan fingerprint density at radius 1 is 0.899 bits per heavy atom. The molecule has 2 N–H and O–H groups in total. The summed E-state index contributed by atoms with van der Waals surface area (Å²) in [5, 5.41) is 14.1. The van der Waals surface area contributed by atoms with Gasteiger partial charge >= 0.3 is 6.01 Å². The molecule has 426 valence electrons. The van der Waals surface area contributed by atoms with Gasteiger partial charge < -0.3 is 24.5 Å². The number of piperidine rings is 3. The predicted molar refractivity (Wildman–Crippen MR) is 314 cm³/mol. The zero-order chi connectivity index (χ0) is 57.1. The Kier molecular flexibility index (Phi) is 20.9. The number of anilines is 2. The molecule has 0 spiro atoms. The number of carbonyl (C=O) groups is 3. The summed E-state index contributed by atoms with van der Waals surface area (Å²) < 4.78 is 38.4. The van der Waals surface area contributed by atoms with Gasteiger partial charge in [0.1, 0.15) is 34.4 Å². The lowest BCUT2D eigenvalue weighted by atomic mass is 9.95. The highest BCUT2D eigenvalue weighted by Crippen LogP contribution is 2.47. The van der Waals surface area contributed by atoms with Gasteiger partial charge in [-0.1, -0.05) is 72.9 Å². The fourth-order valence-electron chi connectivity index (χ4n) is 10.7. The molecule has 10 rings (SSSR count). The van der Waals surface area contributed by atoms with Crippen LogP contribution < -0.4 is 19.9 Å². The van der Waals surface area contributed by atoms with Crippen molar-refractivity contribution in [3.63, 3.8) is 0 Å². The lowest BCUT2D eigenvalue weighted by Crippen LogP contribution is -2.53. The second kappa shape index (κ2) is 27.3. The fourth-order valence-corrected chi connectivity index (χ4v) is 10.7. The van der Waals surface area contributed by atoms with E-state index in [1.807, 2.05) is 20.8 Å². The standard InChI is InChI=1S/C47H53F2N7O2.C6H9NO2.C6H12O.C5H12/c1-5-37-40(48)11-9-33-24-36(57)25-38(41(33)37)43-42(49)44-39(26-50-43)45(56-16-6-7-30(2)27-56)52-46(51-44)58-29-47(14-15-47)28-53-17-12-34(13-18-53)54-19-21-55(22-20-54)35-10-8-31(3)32(4)23-35;1-4-2-3-5(8)7-6(4)9;1-4-5(2)6(3)7;1-4-5(2)3/h1,8-11,23-26,30,34,57H,6-7,12-22,27-29H2,2-4H3;4H,2-3H2,1H3,(H,7,8,9);5H,4H2,1-3H3;5H,4H2,1-3H3. The number of hydrogen-bond donors (Lipinski definition) is 2. The van der Waals surface area contributed by atoms with E-state index < -0.39 is 11.6 Å². The minimum Gasteiger partial charge on any atom is -0.508 e. The zero-order valence-corrected chi connectivity index (χ0v) is 48.7. The number of Topliss-reactive ketones (excluding diaryl/α,β-unsaturated/α-hetero) is 1. The number of aromatic hydroxyl groups is 1. The van der Waals surface area contributed by atoms with Crippen molar-refractivity contribution in [2.24, 2.45) is 29.1 Å². The SMILES string of the molecule is C#Cc1c(F)ccc2cc(O)cc(-c3ncc4c(N5CCCC(C)C5)nc(OCC5(CN6CCC(N7CCN(c8ccc(C)c(C)c8)CC7)CC6)CC5)nc4c3F)c12.CC1CCC(=O)NC1=O.CCC(C)C.CCC(C)C(C)=O. The molecule has 4 saturated heterocycles. The zero-order valence-electron chi connectivity index (χ0n) is 48.7. The molecule has 2 amide bonds. The Balaban J connectivity index is 0.000000362. The molecule has 1 aliphatic carbocycles. The highest BCUT2D eigenvalue weighted by molar-refractivity contribution is 6.03. The summed E-state index contributed by atoms with van der Waals surface area (Å²) in [5.41, 5.74) is 4.21. The highest BCUT2D eigenvalue weighted by atomic mass is 19.1. The molecule has 4 aliphatic heterocycles. The average molecular weight is 1090 g/mol. The number of carbonyl (C=O) groups excluding carboxylic acids is 3. The number of aromatic nitrogens is 3. The van der Waals surface area contributed by atoms with E-state index in [4.69, 9.17) is 21.1 Å². The van der Waals surface area contributed by atoms with Crippen molar-refractivity contribution in [2.75, 3.05) is 75.3 Å². The second-order valence-electron chi connectivity index (χ2n) is 23.5. The number of imide groups is 1. The molecule has 3 aromatic carbocycles. The Labute approximate surface area is 468 Å². The van der Waals surface area contributed by atoms with E-state index in [2.05, 4.69) is 95.6 Å². The number of hydrogen-bond acceptors (Lipinski definition) is 12. The first kappa shape index (κ1) is 60.4. The largest absolute Gasteiger partial charge is 0.508 e. The molecular formula is C64H86F2N8O5. The van der Waals surface area contributed by atoms with E-state index in [-0.39, 0.29) is 63.2 Å². The van der Waals surface area contributed by atoms with Gasteiger partial charge in [-0.05, 0) is 144 Å². The van der Waals surface area contributed by atoms with Crippen molar-refractivity contribution >= 4 is 50.8 Å². The van der Waals surface area contributed by atoms with Crippen LogP contribution in [0, 0.1) is 66.9 Å². The average Bonchev–Trinajstić information content (AvgIpc) is 4.26. The third kappa shape index (κ3) is 15.6. The van der Waals surface area contributed by atoms with Gasteiger partial charge in [0.05, 0.1) is 17.6 Å². The summed E-state index contributed by atoms with van der Waals surface area (Å²) in [7, 11) is 0. The molecular weight excluding hydrogens is 999 g/mol. The first-order chi connectivity index (χ1) is 37.7. The van der Waals surface area contributed by atoms with Gasteiger partial charge in [-0.2, -0.15) is 9.97 Å². The van der Waals surface area contributed by atoms with Gasteiger partial charge in [0.25, 0.3) is 0 Å². The number of likely N-dealkylation sites (tertiary alicyclic amines) is 1. The van der Waals surface area contributed by atoms with E-state index in [9.17, 15) is 23.9 Å². The monoisotopic (exact) mass is 1080 g/mol. The maximum absolute atomic E-state index is 17.0. The maximum Gasteiger partial charge on any atom is 0.319 e. The summed E-state index contributed by atoms with van der Waals surface area (Å²) in [6.45, 7) is 30.1. The molecule has 0 bridgehead atoms. The number of aryl methyl sites for hydroxylation is 2. The third-order valence-electron chi connectivity index (χ3n) is 17.0. The van der Waals surface area contributed by atoms with Crippen molar-refractivity contribution in [1.29, 1.82) is 0 Å². The van der Waals surface area contributed by atoms with Crippen LogP contribution in [-0.2, 0) is 14.4 Å². The number of terminal acetylenes is 1. The van der Waals surface area contributed by atoms with Gasteiger partial charge in [0.2, 0.25) is 11.8 Å². The lowest BCUT2D eigenvalue weighted by molar-refractivity contribution is -0.135. The number of ketones is 1. The fraction of sp³-hybridized carbons (Fsp3) is 0.562. The van der Waals surface area contributed by atoms with Gasteiger partial charge in [-0.25, -0.2) is 8.78 Å². The van der Waals surface area contributed by atoms with Gasteiger partial charge in [0, 0.05) is 98.4 Å². The minimum absolute atomic E-state index is 0.0148. The number of phenolic OH excluding ortho intramolecular Hbond substituents is 1. The number of benzene rings is 3. The molecule has 1 saturated carbocycles. The predicted octanol–water partition coefficient (Wildman–Crippen LogP) is 11.8. The quantitative estimate of drug-likeness (QED) is 0.0906. The molecule has 0 radical (unpaired) electrons. The van der Waals surface area contributed by atoms with E-state index in [1.165, 1.54) is 60.3 Å². The van der Waals surface area contributed by atoms with Crippen molar-refractivity contribution < 1.29 is 33.0 Å². The highest BCUT2D eigenvalue weighted by Gasteiger charge is 2.46. The number of rotatable bonds is 12. The maximum atomic E-state index is 17.0. The summed E-state index contributed by atoms with van der Waals surface area (Å²) in [5.74, 6) is 3.22. The van der Waals surface area contributed by atoms with Crippen molar-refractivity contribution in [3.8, 4) is 35.4 Å². The Morgan fingerprint density at radius 2 is 1.61 bits per heavy atom. The van der Waals surface area contributed by atoms with Gasteiger partial charge in [-0.3, -0.25) is 29.6 Å². The lowest BCUT2D eigenvalue weighted by Gasteiger charge is -2.44. The van der Waals surface area contributed by atoms with Crippen LogP contribution in [0.25, 0.3) is 32.9 Å². The molecule has 5 aromatic rings. The van der Waals surface area contributed by atoms with E-state index >= 15 is 4.39 Å². The van der Waals surface area contributed by atoms with E-state index in [0.29, 0.717) is 59.2 Å². The van der Waals surface area contributed by atoms with Crippen molar-refractivity contribution in [2.45, 2.75) is 139 Å². The Bertz CT molecular complexity index is 2980. The number of ether oxygens (including phenoxy) is 1. The van der Waals surface area contributed by atoms with Crippen LogP contribution in [0.3, 0.4) is 0 Å².